The Morgan fingerprint density at radius 1 is 0.711 bits per heavy atom. The summed E-state index contributed by atoms with van der Waals surface area (Å²) in [6, 6.07) is 33.8. The molecule has 0 unspecified atom stereocenters. The highest BCUT2D eigenvalue weighted by Crippen LogP contribution is 2.39. The second-order valence-electron chi connectivity index (χ2n) is 9.54. The topological polar surface area (TPSA) is 30.7 Å². The molecule has 0 radical (unpaired) electrons. The highest BCUT2D eigenvalue weighted by atomic mass is 15.1. The maximum absolute atomic E-state index is 5.23. The molecule has 6 aromatic rings. The van der Waals surface area contributed by atoms with Crippen molar-refractivity contribution in [2.24, 2.45) is 0 Å². The number of para-hydroxylation sites is 2. The van der Waals surface area contributed by atoms with Crippen LogP contribution in [-0.2, 0) is 0 Å². The Morgan fingerprint density at radius 3 is 2.26 bits per heavy atom. The minimum atomic E-state index is 0.723. The van der Waals surface area contributed by atoms with Gasteiger partial charge in [-0.2, -0.15) is 0 Å². The summed E-state index contributed by atoms with van der Waals surface area (Å²) in [7, 11) is 0. The summed E-state index contributed by atoms with van der Waals surface area (Å²) in [6.45, 7) is 6.43. The van der Waals surface area contributed by atoms with E-state index in [1.165, 1.54) is 22.1 Å². The van der Waals surface area contributed by atoms with Gasteiger partial charge in [-0.25, -0.2) is 9.97 Å². The average Bonchev–Trinajstić information content (AvgIpc) is 3.26. The SMILES string of the molecule is C/C=C\C=C/c1ccc(C)c(-c2c(C)c3ccccc3n2-c2nc(-c3ccccc3)nc3ccccc23)c1. The smallest absolute Gasteiger partial charge is 0.162 e. The van der Waals surface area contributed by atoms with Gasteiger partial charge in [0.1, 0.15) is 5.82 Å². The standard InChI is InChI=1S/C35H29N3/c1-4-5-7-14-26-22-21-24(2)30(23-26)33-25(3)28-17-11-13-20-32(28)38(33)35-29-18-10-12-19-31(29)36-34(37-35)27-15-8-6-9-16-27/h4-23H,1-3H3/b5-4-,14-7-. The van der Waals surface area contributed by atoms with E-state index >= 15 is 0 Å². The molecule has 2 heterocycles. The first-order valence-electron chi connectivity index (χ1n) is 13.0. The van der Waals surface area contributed by atoms with Crippen molar-refractivity contribution in [2.45, 2.75) is 20.8 Å². The maximum atomic E-state index is 5.23. The van der Waals surface area contributed by atoms with Crippen LogP contribution in [0.3, 0.4) is 0 Å². The summed E-state index contributed by atoms with van der Waals surface area (Å²) < 4.78 is 2.34. The number of rotatable bonds is 5. The normalized spacial score (nSPS) is 11.9. The van der Waals surface area contributed by atoms with Crippen LogP contribution in [0.25, 0.3) is 56.3 Å². The van der Waals surface area contributed by atoms with E-state index in [1.807, 2.05) is 37.3 Å². The molecule has 0 aliphatic rings. The van der Waals surface area contributed by atoms with Gasteiger partial charge in [-0.3, -0.25) is 4.57 Å². The molecule has 2 aromatic heterocycles. The zero-order valence-electron chi connectivity index (χ0n) is 21.9. The van der Waals surface area contributed by atoms with Gasteiger partial charge in [0, 0.05) is 21.9 Å². The number of nitrogens with zero attached hydrogens (tertiary/aromatic N) is 3. The number of aryl methyl sites for hydroxylation is 2. The highest BCUT2D eigenvalue weighted by Gasteiger charge is 2.22. The summed E-state index contributed by atoms with van der Waals surface area (Å²) in [4.78, 5) is 10.2. The van der Waals surface area contributed by atoms with E-state index in [1.54, 1.807) is 0 Å². The number of aromatic nitrogens is 3. The number of allylic oxidation sites excluding steroid dienone is 3. The number of hydrogen-bond donors (Lipinski definition) is 0. The predicted molar refractivity (Wildman–Crippen MR) is 161 cm³/mol. The molecule has 4 aromatic carbocycles. The van der Waals surface area contributed by atoms with E-state index in [0.717, 1.165) is 44.9 Å². The molecule has 3 nitrogen and oxygen atoms in total. The van der Waals surface area contributed by atoms with Gasteiger partial charge in [0.05, 0.1) is 16.7 Å². The molecule has 0 saturated carbocycles. The van der Waals surface area contributed by atoms with Gasteiger partial charge >= 0.3 is 0 Å². The summed E-state index contributed by atoms with van der Waals surface area (Å²) in [5.74, 6) is 1.61. The lowest BCUT2D eigenvalue weighted by atomic mass is 9.99. The van der Waals surface area contributed by atoms with Gasteiger partial charge in [-0.1, -0.05) is 97.1 Å². The van der Waals surface area contributed by atoms with Gasteiger partial charge in [-0.05, 0) is 61.7 Å². The van der Waals surface area contributed by atoms with Crippen LogP contribution in [0.4, 0.5) is 0 Å². The molecule has 0 spiro atoms. The van der Waals surface area contributed by atoms with Crippen LogP contribution in [-0.4, -0.2) is 14.5 Å². The zero-order chi connectivity index (χ0) is 26.1. The average molecular weight is 492 g/mol. The second kappa shape index (κ2) is 9.95. The fourth-order valence-corrected chi connectivity index (χ4v) is 5.17. The van der Waals surface area contributed by atoms with E-state index in [2.05, 4.69) is 109 Å². The Kier molecular flexibility index (Phi) is 6.19. The minimum absolute atomic E-state index is 0.723. The van der Waals surface area contributed by atoms with Gasteiger partial charge in [0.15, 0.2) is 5.82 Å². The number of hydrogen-bond acceptors (Lipinski definition) is 2. The van der Waals surface area contributed by atoms with Gasteiger partial charge in [0.2, 0.25) is 0 Å². The molecule has 6 rings (SSSR count). The van der Waals surface area contributed by atoms with E-state index in [-0.39, 0.29) is 0 Å². The molecule has 0 fully saturated rings. The first-order valence-corrected chi connectivity index (χ1v) is 13.0. The van der Waals surface area contributed by atoms with Crippen LogP contribution in [0.1, 0.15) is 23.6 Å². The van der Waals surface area contributed by atoms with Crippen LogP contribution in [0.15, 0.2) is 115 Å². The van der Waals surface area contributed by atoms with Crippen LogP contribution in [0.2, 0.25) is 0 Å². The highest BCUT2D eigenvalue weighted by molar-refractivity contribution is 5.97. The van der Waals surface area contributed by atoms with Crippen molar-refractivity contribution in [3.05, 3.63) is 132 Å². The molecule has 0 aliphatic heterocycles. The fourth-order valence-electron chi connectivity index (χ4n) is 5.17. The van der Waals surface area contributed by atoms with Crippen molar-refractivity contribution in [1.82, 2.24) is 14.5 Å². The number of benzene rings is 4. The number of fused-ring (bicyclic) bond motifs is 2. The maximum Gasteiger partial charge on any atom is 0.162 e. The Balaban J connectivity index is 1.71. The van der Waals surface area contributed by atoms with Crippen LogP contribution in [0.5, 0.6) is 0 Å². The Morgan fingerprint density at radius 2 is 1.45 bits per heavy atom. The lowest BCUT2D eigenvalue weighted by Crippen LogP contribution is -2.05. The largest absolute Gasteiger partial charge is 0.293 e. The molecule has 0 saturated heterocycles. The van der Waals surface area contributed by atoms with Gasteiger partial charge in [0.25, 0.3) is 0 Å². The molecule has 0 amide bonds. The Labute approximate surface area is 223 Å². The van der Waals surface area contributed by atoms with Crippen molar-refractivity contribution in [1.29, 1.82) is 0 Å². The molecule has 3 heteroatoms. The van der Waals surface area contributed by atoms with Gasteiger partial charge < -0.3 is 0 Å². The monoisotopic (exact) mass is 491 g/mol. The Bertz CT molecular complexity index is 1840. The van der Waals surface area contributed by atoms with Crippen molar-refractivity contribution >= 4 is 27.9 Å². The van der Waals surface area contributed by atoms with E-state index in [0.29, 0.717) is 0 Å². The molecule has 0 aliphatic carbocycles. The third-order valence-electron chi connectivity index (χ3n) is 7.06. The minimum Gasteiger partial charge on any atom is -0.293 e. The van der Waals surface area contributed by atoms with Crippen molar-refractivity contribution in [3.63, 3.8) is 0 Å². The van der Waals surface area contributed by atoms with E-state index in [9.17, 15) is 0 Å². The quantitative estimate of drug-likeness (QED) is 0.225. The molecule has 0 N–H and O–H groups in total. The van der Waals surface area contributed by atoms with E-state index < -0.39 is 0 Å². The van der Waals surface area contributed by atoms with Crippen molar-refractivity contribution < 1.29 is 0 Å². The summed E-state index contributed by atoms with van der Waals surface area (Å²) >= 11 is 0. The third-order valence-corrected chi connectivity index (χ3v) is 7.06. The summed E-state index contributed by atoms with van der Waals surface area (Å²) in [5.41, 5.74) is 9.05. The van der Waals surface area contributed by atoms with Crippen molar-refractivity contribution in [2.75, 3.05) is 0 Å². The fraction of sp³-hybridized carbons (Fsp3) is 0.0857. The van der Waals surface area contributed by atoms with Crippen LogP contribution >= 0.6 is 0 Å². The molecular formula is C35H29N3. The Hall–Kier alpha value is -4.76. The predicted octanol–water partition coefficient (Wildman–Crippen LogP) is 9.11. The molecule has 0 atom stereocenters. The zero-order valence-corrected chi connectivity index (χ0v) is 21.9. The molecule has 38 heavy (non-hydrogen) atoms. The lowest BCUT2D eigenvalue weighted by molar-refractivity contribution is 1.04. The van der Waals surface area contributed by atoms with Crippen molar-refractivity contribution in [3.8, 4) is 28.5 Å². The molecular weight excluding hydrogens is 462 g/mol. The van der Waals surface area contributed by atoms with Crippen LogP contribution < -0.4 is 0 Å². The van der Waals surface area contributed by atoms with Crippen LogP contribution in [0, 0.1) is 13.8 Å². The first-order chi connectivity index (χ1) is 18.7. The van der Waals surface area contributed by atoms with Gasteiger partial charge in [-0.15, -0.1) is 0 Å². The lowest BCUT2D eigenvalue weighted by Gasteiger charge is -2.17. The first kappa shape index (κ1) is 23.6. The molecule has 184 valence electrons. The summed E-state index contributed by atoms with van der Waals surface area (Å²) in [6.07, 6.45) is 8.33. The van der Waals surface area contributed by atoms with E-state index in [4.69, 9.17) is 9.97 Å². The second-order valence-corrected chi connectivity index (χ2v) is 9.54. The summed E-state index contributed by atoms with van der Waals surface area (Å²) in [5, 5.41) is 2.25. The third kappa shape index (κ3) is 4.12. The molecule has 0 bridgehead atoms.